The summed E-state index contributed by atoms with van der Waals surface area (Å²) in [5.41, 5.74) is 0. The first-order valence-electron chi connectivity index (χ1n) is 6.84. The predicted octanol–water partition coefficient (Wildman–Crippen LogP) is -1.85. The lowest BCUT2D eigenvalue weighted by atomic mass is 10.2. The average molecular weight is 290 g/mol. The fraction of sp³-hybridized carbons (Fsp3) is 0.833. The van der Waals surface area contributed by atoms with Gasteiger partial charge in [0.25, 0.3) is 0 Å². The SMILES string of the molecule is C1CNCCN1.C1CNCCN1.CC(C(=O)O)C(=O)O. The van der Waals surface area contributed by atoms with Crippen molar-refractivity contribution in [3.8, 4) is 0 Å². The Morgan fingerprint density at radius 1 is 0.700 bits per heavy atom. The quantitative estimate of drug-likeness (QED) is 0.328. The topological polar surface area (TPSA) is 123 Å². The molecule has 2 aliphatic rings. The van der Waals surface area contributed by atoms with Crippen molar-refractivity contribution in [1.82, 2.24) is 21.3 Å². The second-order valence-electron chi connectivity index (χ2n) is 4.40. The minimum atomic E-state index is -1.31. The van der Waals surface area contributed by atoms with Crippen LogP contribution < -0.4 is 21.3 Å². The van der Waals surface area contributed by atoms with Crippen LogP contribution in [-0.4, -0.2) is 74.5 Å². The van der Waals surface area contributed by atoms with Crippen LogP contribution in [0.2, 0.25) is 0 Å². The standard InChI is InChI=1S/2C4H10N2.C4H6O4/c2*1-2-6-4-3-5-1;1-2(3(5)6)4(7)8/h2*5-6H,1-4H2;2H,1H3,(H,5,6)(H,7,8). The molecular weight excluding hydrogens is 264 g/mol. The van der Waals surface area contributed by atoms with Crippen LogP contribution in [0.3, 0.4) is 0 Å². The molecule has 0 saturated carbocycles. The van der Waals surface area contributed by atoms with Crippen LogP contribution >= 0.6 is 0 Å². The van der Waals surface area contributed by atoms with Crippen LogP contribution in [-0.2, 0) is 9.59 Å². The first kappa shape index (κ1) is 18.8. The number of hydrogen-bond acceptors (Lipinski definition) is 6. The van der Waals surface area contributed by atoms with Gasteiger partial charge in [-0.2, -0.15) is 0 Å². The molecule has 0 bridgehead atoms. The monoisotopic (exact) mass is 290 g/mol. The molecule has 6 N–H and O–H groups in total. The first-order valence-corrected chi connectivity index (χ1v) is 6.84. The van der Waals surface area contributed by atoms with E-state index in [1.807, 2.05) is 0 Å². The van der Waals surface area contributed by atoms with E-state index >= 15 is 0 Å². The molecule has 0 atom stereocenters. The normalized spacial score (nSPS) is 18.1. The number of hydrogen-bond donors (Lipinski definition) is 6. The Bertz CT molecular complexity index is 219. The molecule has 20 heavy (non-hydrogen) atoms. The number of nitrogens with one attached hydrogen (secondary N) is 4. The van der Waals surface area contributed by atoms with Crippen LogP contribution in [0, 0.1) is 5.92 Å². The molecule has 0 radical (unpaired) electrons. The van der Waals surface area contributed by atoms with Crippen LogP contribution in [0.15, 0.2) is 0 Å². The van der Waals surface area contributed by atoms with Crippen molar-refractivity contribution in [1.29, 1.82) is 0 Å². The lowest BCUT2D eigenvalue weighted by molar-refractivity contribution is -0.153. The van der Waals surface area contributed by atoms with Gasteiger partial charge in [-0.15, -0.1) is 0 Å². The molecule has 0 aromatic heterocycles. The first-order chi connectivity index (χ1) is 9.55. The Kier molecular flexibility index (Phi) is 12.0. The highest BCUT2D eigenvalue weighted by atomic mass is 16.4. The highest BCUT2D eigenvalue weighted by Gasteiger charge is 2.18. The van der Waals surface area contributed by atoms with Crippen molar-refractivity contribution >= 4 is 11.9 Å². The zero-order chi connectivity index (χ0) is 15.2. The Morgan fingerprint density at radius 3 is 0.950 bits per heavy atom. The van der Waals surface area contributed by atoms with Crippen LogP contribution in [0.25, 0.3) is 0 Å². The van der Waals surface area contributed by atoms with Gasteiger partial charge in [0, 0.05) is 52.4 Å². The minimum absolute atomic E-state index is 1.12. The Balaban J connectivity index is 0.000000274. The molecule has 8 nitrogen and oxygen atoms in total. The number of carbonyl (C=O) groups is 2. The number of rotatable bonds is 2. The van der Waals surface area contributed by atoms with Gasteiger partial charge >= 0.3 is 11.9 Å². The largest absolute Gasteiger partial charge is 0.481 e. The molecule has 2 saturated heterocycles. The van der Waals surface area contributed by atoms with Crippen molar-refractivity contribution in [2.24, 2.45) is 5.92 Å². The lowest BCUT2D eigenvalue weighted by Gasteiger charge is -2.11. The van der Waals surface area contributed by atoms with Gasteiger partial charge in [-0.3, -0.25) is 9.59 Å². The molecule has 0 aromatic rings. The van der Waals surface area contributed by atoms with Gasteiger partial charge in [-0.05, 0) is 6.92 Å². The summed E-state index contributed by atoms with van der Waals surface area (Å²) in [7, 11) is 0. The molecule has 0 unspecified atom stereocenters. The van der Waals surface area contributed by atoms with E-state index in [1.54, 1.807) is 0 Å². The summed E-state index contributed by atoms with van der Waals surface area (Å²) in [5, 5.41) is 28.8. The van der Waals surface area contributed by atoms with E-state index in [1.165, 1.54) is 0 Å². The molecular formula is C12H26N4O4. The molecule has 2 heterocycles. The third kappa shape index (κ3) is 11.8. The molecule has 0 spiro atoms. The summed E-state index contributed by atoms with van der Waals surface area (Å²) < 4.78 is 0. The van der Waals surface area contributed by atoms with Gasteiger partial charge in [-0.1, -0.05) is 0 Å². The van der Waals surface area contributed by atoms with Crippen LogP contribution in [0.4, 0.5) is 0 Å². The Labute approximate surface area is 119 Å². The maximum atomic E-state index is 9.76. The Hall–Kier alpha value is -1.22. The van der Waals surface area contributed by atoms with Crippen molar-refractivity contribution in [3.05, 3.63) is 0 Å². The molecule has 0 amide bonds. The highest BCUT2D eigenvalue weighted by Crippen LogP contribution is 1.91. The van der Waals surface area contributed by atoms with Crippen molar-refractivity contribution in [3.63, 3.8) is 0 Å². The second-order valence-corrected chi connectivity index (χ2v) is 4.40. The number of aliphatic carboxylic acids is 2. The van der Waals surface area contributed by atoms with Crippen molar-refractivity contribution in [2.45, 2.75) is 6.92 Å². The summed E-state index contributed by atoms with van der Waals surface area (Å²) in [6.07, 6.45) is 0. The molecule has 8 heteroatoms. The number of piperazine rings is 2. The summed E-state index contributed by atoms with van der Waals surface area (Å²) >= 11 is 0. The molecule has 2 aliphatic heterocycles. The van der Waals surface area contributed by atoms with E-state index in [-0.39, 0.29) is 0 Å². The average Bonchev–Trinajstić information content (AvgIpc) is 2.51. The van der Waals surface area contributed by atoms with Gasteiger partial charge in [0.15, 0.2) is 5.92 Å². The van der Waals surface area contributed by atoms with E-state index in [0.717, 1.165) is 59.3 Å². The van der Waals surface area contributed by atoms with Crippen LogP contribution in [0.1, 0.15) is 6.92 Å². The van der Waals surface area contributed by atoms with E-state index in [9.17, 15) is 9.59 Å². The zero-order valence-corrected chi connectivity index (χ0v) is 11.9. The van der Waals surface area contributed by atoms with Gasteiger partial charge in [-0.25, -0.2) is 0 Å². The maximum Gasteiger partial charge on any atom is 0.317 e. The maximum absolute atomic E-state index is 9.76. The molecule has 2 fully saturated rings. The van der Waals surface area contributed by atoms with Crippen molar-refractivity contribution in [2.75, 3.05) is 52.4 Å². The molecule has 118 valence electrons. The smallest absolute Gasteiger partial charge is 0.317 e. The number of carboxylic acids is 2. The Morgan fingerprint density at radius 2 is 0.900 bits per heavy atom. The van der Waals surface area contributed by atoms with E-state index in [4.69, 9.17) is 10.2 Å². The van der Waals surface area contributed by atoms with Gasteiger partial charge in [0.2, 0.25) is 0 Å². The number of carboxylic acid groups (broad SMARTS) is 2. The predicted molar refractivity (Wildman–Crippen MR) is 75.9 cm³/mol. The van der Waals surface area contributed by atoms with E-state index in [2.05, 4.69) is 21.3 Å². The van der Waals surface area contributed by atoms with Gasteiger partial charge in [0.1, 0.15) is 0 Å². The third-order valence-corrected chi connectivity index (χ3v) is 2.66. The molecule has 2 rings (SSSR count). The molecule has 0 aromatic carbocycles. The van der Waals surface area contributed by atoms with E-state index < -0.39 is 17.9 Å². The fourth-order valence-electron chi connectivity index (χ4n) is 1.31. The van der Waals surface area contributed by atoms with E-state index in [0.29, 0.717) is 0 Å². The summed E-state index contributed by atoms with van der Waals surface area (Å²) in [4.78, 5) is 19.5. The highest BCUT2D eigenvalue weighted by molar-refractivity contribution is 5.92. The fourth-order valence-corrected chi connectivity index (χ4v) is 1.31. The summed E-state index contributed by atoms with van der Waals surface area (Å²) in [5.74, 6) is -3.91. The van der Waals surface area contributed by atoms with Gasteiger partial charge in [0.05, 0.1) is 0 Å². The summed E-state index contributed by atoms with van der Waals surface area (Å²) in [6.45, 7) is 10.2. The molecule has 0 aliphatic carbocycles. The second kappa shape index (κ2) is 12.8. The summed E-state index contributed by atoms with van der Waals surface area (Å²) in [6, 6.07) is 0. The minimum Gasteiger partial charge on any atom is -0.481 e. The lowest BCUT2D eigenvalue weighted by Crippen LogP contribution is -2.39. The van der Waals surface area contributed by atoms with Crippen molar-refractivity contribution < 1.29 is 19.8 Å². The van der Waals surface area contributed by atoms with Gasteiger partial charge < -0.3 is 31.5 Å². The van der Waals surface area contributed by atoms with Crippen LogP contribution in [0.5, 0.6) is 0 Å². The third-order valence-electron chi connectivity index (χ3n) is 2.66. The zero-order valence-electron chi connectivity index (χ0n) is 11.9.